The van der Waals surface area contributed by atoms with Crippen LogP contribution in [-0.2, 0) is 17.6 Å². The highest BCUT2D eigenvalue weighted by molar-refractivity contribution is 6.10. The maximum Gasteiger partial charge on any atom is 0.200 e. The molecule has 3 rings (SSSR count). The normalized spacial score (nSPS) is 13.4. The van der Waals surface area contributed by atoms with Crippen LogP contribution in [0.3, 0.4) is 0 Å². The number of carbonyl (C=O) groups is 1. The number of ketones is 1. The van der Waals surface area contributed by atoms with Crippen molar-refractivity contribution in [2.24, 2.45) is 0 Å². The molecule has 2 aromatic carbocycles. The Hall–Kier alpha value is -2.85. The molecule has 1 aliphatic rings. The lowest BCUT2D eigenvalue weighted by Gasteiger charge is -1.93. The third kappa shape index (κ3) is 4.33. The van der Waals surface area contributed by atoms with Crippen molar-refractivity contribution in [3.05, 3.63) is 107 Å². The Kier molecular flexibility index (Phi) is 5.43. The Morgan fingerprint density at radius 2 is 1.12 bits per heavy atom. The number of allylic oxidation sites excluding steroid dienone is 2. The molecule has 0 aromatic heterocycles. The van der Waals surface area contributed by atoms with Crippen LogP contribution < -0.4 is 0 Å². The van der Waals surface area contributed by atoms with Gasteiger partial charge in [-0.25, -0.2) is 0 Å². The molecule has 0 heterocycles. The third-order valence-electron chi connectivity index (χ3n) is 4.09. The average Bonchev–Trinajstić information content (AvgIpc) is 2.97. The summed E-state index contributed by atoms with van der Waals surface area (Å²) in [7, 11) is 0. The van der Waals surface area contributed by atoms with E-state index in [0.29, 0.717) is 0 Å². The first-order valence-corrected chi connectivity index (χ1v) is 8.33. The second-order valence-electron chi connectivity index (χ2n) is 5.86. The molecule has 2 aromatic rings. The standard InChI is InChI=1S/C23H20O/c24-23-21(15-7-13-19-9-3-1-4-10-19)17-18-22(23)16-8-14-20-11-5-2-6-12-20/h1-12H,13-14,17-18H2. The van der Waals surface area contributed by atoms with Crippen molar-refractivity contribution in [2.75, 3.05) is 0 Å². The number of hydrogen-bond acceptors (Lipinski definition) is 1. The van der Waals surface area contributed by atoms with Gasteiger partial charge in [-0.3, -0.25) is 4.79 Å². The van der Waals surface area contributed by atoms with Crippen LogP contribution in [0.1, 0.15) is 24.0 Å². The molecule has 0 spiro atoms. The second kappa shape index (κ2) is 8.13. The summed E-state index contributed by atoms with van der Waals surface area (Å²) >= 11 is 0. The molecule has 1 nitrogen and oxygen atoms in total. The van der Waals surface area contributed by atoms with E-state index >= 15 is 0 Å². The summed E-state index contributed by atoms with van der Waals surface area (Å²) in [6.45, 7) is 0. The Morgan fingerprint density at radius 1 is 0.708 bits per heavy atom. The van der Waals surface area contributed by atoms with Crippen LogP contribution in [0, 0.1) is 0 Å². The van der Waals surface area contributed by atoms with Gasteiger partial charge in [-0.2, -0.15) is 0 Å². The fourth-order valence-corrected chi connectivity index (χ4v) is 2.75. The largest absolute Gasteiger partial charge is 0.288 e. The maximum atomic E-state index is 12.4. The van der Waals surface area contributed by atoms with E-state index < -0.39 is 0 Å². The van der Waals surface area contributed by atoms with E-state index in [-0.39, 0.29) is 5.78 Å². The molecule has 0 unspecified atom stereocenters. The van der Waals surface area contributed by atoms with E-state index in [1.165, 1.54) is 11.1 Å². The molecule has 0 atom stereocenters. The van der Waals surface area contributed by atoms with Crippen molar-refractivity contribution < 1.29 is 4.79 Å². The van der Waals surface area contributed by atoms with E-state index in [0.717, 1.165) is 36.8 Å². The maximum absolute atomic E-state index is 12.4. The predicted octanol–water partition coefficient (Wildman–Crippen LogP) is 5.00. The number of rotatable bonds is 4. The van der Waals surface area contributed by atoms with Crippen LogP contribution >= 0.6 is 0 Å². The molecule has 118 valence electrons. The summed E-state index contributed by atoms with van der Waals surface area (Å²) in [6, 6.07) is 20.4. The van der Waals surface area contributed by atoms with Crippen molar-refractivity contribution in [2.45, 2.75) is 25.7 Å². The van der Waals surface area contributed by atoms with Gasteiger partial charge in [-0.05, 0) is 49.0 Å². The number of carbonyl (C=O) groups excluding carboxylic acids is 1. The molecule has 1 heteroatoms. The molecule has 1 fully saturated rings. The van der Waals surface area contributed by atoms with Crippen molar-refractivity contribution in [3.8, 4) is 0 Å². The Labute approximate surface area is 143 Å². The second-order valence-corrected chi connectivity index (χ2v) is 5.86. The summed E-state index contributed by atoms with van der Waals surface area (Å²) < 4.78 is 0. The molecule has 0 saturated heterocycles. The first-order valence-electron chi connectivity index (χ1n) is 8.33. The molecule has 0 aliphatic heterocycles. The number of Topliss-reactive ketones (excluding diaryl/α,β-unsaturated/α-hetero) is 1. The van der Waals surface area contributed by atoms with Gasteiger partial charge in [0.15, 0.2) is 5.78 Å². The van der Waals surface area contributed by atoms with Gasteiger partial charge in [0, 0.05) is 11.1 Å². The molecule has 1 aliphatic carbocycles. The van der Waals surface area contributed by atoms with Crippen LogP contribution in [0.2, 0.25) is 0 Å². The zero-order valence-electron chi connectivity index (χ0n) is 13.7. The molecule has 1 saturated carbocycles. The van der Waals surface area contributed by atoms with E-state index in [9.17, 15) is 4.79 Å². The summed E-state index contributed by atoms with van der Waals surface area (Å²) in [6.07, 6.45) is 7.07. The summed E-state index contributed by atoms with van der Waals surface area (Å²) in [4.78, 5) is 12.4. The van der Waals surface area contributed by atoms with Crippen LogP contribution in [0.5, 0.6) is 0 Å². The van der Waals surface area contributed by atoms with E-state index in [1.54, 1.807) is 0 Å². The fourth-order valence-electron chi connectivity index (χ4n) is 2.75. The molecule has 24 heavy (non-hydrogen) atoms. The lowest BCUT2D eigenvalue weighted by Crippen LogP contribution is -1.93. The molecule has 0 bridgehead atoms. The molecule has 0 amide bonds. The van der Waals surface area contributed by atoms with Gasteiger partial charge in [0.25, 0.3) is 0 Å². The van der Waals surface area contributed by atoms with Gasteiger partial charge in [0.2, 0.25) is 0 Å². The van der Waals surface area contributed by atoms with Gasteiger partial charge >= 0.3 is 0 Å². The lowest BCUT2D eigenvalue weighted by atomic mass is 10.1. The van der Waals surface area contributed by atoms with Crippen molar-refractivity contribution in [1.29, 1.82) is 0 Å². The van der Waals surface area contributed by atoms with Gasteiger partial charge < -0.3 is 0 Å². The Balaban J connectivity index is 1.66. The van der Waals surface area contributed by atoms with E-state index in [4.69, 9.17) is 0 Å². The minimum absolute atomic E-state index is 0.101. The van der Waals surface area contributed by atoms with Crippen molar-refractivity contribution in [3.63, 3.8) is 0 Å². The van der Waals surface area contributed by atoms with E-state index in [2.05, 4.69) is 35.7 Å². The SMILES string of the molecule is O=C1C(=C=CCc2ccccc2)CCC1=C=CCc1ccccc1. The molecule has 0 N–H and O–H groups in total. The zero-order valence-corrected chi connectivity index (χ0v) is 13.7. The first kappa shape index (κ1) is 16.0. The van der Waals surface area contributed by atoms with Crippen LogP contribution in [0.25, 0.3) is 0 Å². The summed E-state index contributed by atoms with van der Waals surface area (Å²) in [5, 5.41) is 0. The molecule has 0 radical (unpaired) electrons. The highest BCUT2D eigenvalue weighted by Gasteiger charge is 2.22. The molecular weight excluding hydrogens is 292 g/mol. The highest BCUT2D eigenvalue weighted by Crippen LogP contribution is 2.24. The fraction of sp³-hybridized carbons (Fsp3) is 0.174. The smallest absolute Gasteiger partial charge is 0.200 e. The minimum Gasteiger partial charge on any atom is -0.288 e. The predicted molar refractivity (Wildman–Crippen MR) is 97.7 cm³/mol. The lowest BCUT2D eigenvalue weighted by molar-refractivity contribution is -0.111. The zero-order chi connectivity index (χ0) is 16.6. The Morgan fingerprint density at radius 3 is 1.54 bits per heavy atom. The van der Waals surface area contributed by atoms with E-state index in [1.807, 2.05) is 48.6 Å². The van der Waals surface area contributed by atoms with Gasteiger partial charge in [-0.15, -0.1) is 11.5 Å². The van der Waals surface area contributed by atoms with Crippen molar-refractivity contribution >= 4 is 5.78 Å². The topological polar surface area (TPSA) is 17.1 Å². The van der Waals surface area contributed by atoms with Gasteiger partial charge in [0.1, 0.15) is 0 Å². The van der Waals surface area contributed by atoms with Gasteiger partial charge in [0.05, 0.1) is 0 Å². The Bertz CT molecular complexity index is 757. The van der Waals surface area contributed by atoms with Crippen molar-refractivity contribution in [1.82, 2.24) is 0 Å². The molecular formula is C23H20O. The highest BCUT2D eigenvalue weighted by atomic mass is 16.1. The van der Waals surface area contributed by atoms with Crippen LogP contribution in [-0.4, -0.2) is 5.78 Å². The number of benzene rings is 2. The number of hydrogen-bond donors (Lipinski definition) is 0. The van der Waals surface area contributed by atoms with Crippen LogP contribution in [0.4, 0.5) is 0 Å². The van der Waals surface area contributed by atoms with Gasteiger partial charge in [-0.1, -0.05) is 60.7 Å². The minimum atomic E-state index is 0.101. The quantitative estimate of drug-likeness (QED) is 0.573. The summed E-state index contributed by atoms with van der Waals surface area (Å²) in [5.41, 5.74) is 10.4. The average molecular weight is 312 g/mol. The third-order valence-corrected chi connectivity index (χ3v) is 4.09. The monoisotopic (exact) mass is 312 g/mol. The van der Waals surface area contributed by atoms with Crippen LogP contribution in [0.15, 0.2) is 95.4 Å². The first-order chi connectivity index (χ1) is 11.8. The summed E-state index contributed by atoms with van der Waals surface area (Å²) in [5.74, 6) is 0.101.